The Morgan fingerprint density at radius 1 is 0.500 bits per heavy atom. The van der Waals surface area contributed by atoms with Crippen molar-refractivity contribution in [1.82, 2.24) is 0 Å². The molecule has 5 aliphatic rings. The van der Waals surface area contributed by atoms with Crippen LogP contribution in [-0.2, 0) is 0 Å². The zero-order valence-corrected chi connectivity index (χ0v) is 38.4. The molecule has 0 fully saturated rings. The fourth-order valence-corrected chi connectivity index (χ4v) is 12.3. The van der Waals surface area contributed by atoms with Gasteiger partial charge in [-0.2, -0.15) is 0 Å². The zero-order valence-electron chi connectivity index (χ0n) is 38.4. The highest BCUT2D eigenvalue weighted by molar-refractivity contribution is 6.22. The number of rotatable bonds is 6. The van der Waals surface area contributed by atoms with Crippen LogP contribution >= 0.6 is 0 Å². The molecule has 0 heterocycles. The molecule has 324 valence electrons. The fraction of sp³-hybridized carbons (Fsp3) is 0.118. The lowest BCUT2D eigenvalue weighted by Gasteiger charge is -2.36. The number of fused-ring (bicyclic) bond motifs is 6. The van der Waals surface area contributed by atoms with Gasteiger partial charge in [0.05, 0.1) is 0 Å². The Morgan fingerprint density at radius 2 is 1.12 bits per heavy atom. The third kappa shape index (κ3) is 6.81. The Balaban J connectivity index is 1.04. The van der Waals surface area contributed by atoms with E-state index in [1.807, 2.05) is 0 Å². The maximum absolute atomic E-state index is 4.86. The van der Waals surface area contributed by atoms with Crippen LogP contribution in [0, 0.1) is 11.8 Å². The van der Waals surface area contributed by atoms with Gasteiger partial charge in [-0.05, 0) is 188 Å². The minimum Gasteiger partial charge on any atom is -0.0915 e. The molecule has 0 aromatic heterocycles. The summed E-state index contributed by atoms with van der Waals surface area (Å²) in [5.41, 5.74) is 18.3. The van der Waals surface area contributed by atoms with E-state index in [0.29, 0.717) is 0 Å². The standard InChI is InChI=1S/C68H52/c1-43-15-3-4-19-48(43)37-44(2)65-57-23-11-12-24-58(57)67(55-31-28-46-17-6-9-21-50(46)39-55)63-41-52(33-35-61(63)65)53-34-36-62-64(42-53)68(56-32-29-47-18-7-10-22-51(47)40-56)60-26-14-13-25-59(60)66(62)54-30-27-45-16-5-8-20-49(45)38-54/h3,5-8,10-18,20,22-27,29-30,32-42,61,63H,1-2,4,9,19,21,28,31H2/b48-37-. The summed E-state index contributed by atoms with van der Waals surface area (Å²) in [5.74, 6) is 0.275. The van der Waals surface area contributed by atoms with Crippen LogP contribution < -0.4 is 10.4 Å². The molecule has 0 spiro atoms. The molecule has 0 saturated heterocycles. The van der Waals surface area contributed by atoms with Crippen molar-refractivity contribution in [1.29, 1.82) is 0 Å². The highest BCUT2D eigenvalue weighted by Gasteiger charge is 2.35. The van der Waals surface area contributed by atoms with Gasteiger partial charge in [0.15, 0.2) is 0 Å². The predicted molar refractivity (Wildman–Crippen MR) is 291 cm³/mol. The van der Waals surface area contributed by atoms with Gasteiger partial charge in [0.2, 0.25) is 0 Å². The van der Waals surface area contributed by atoms with Gasteiger partial charge in [-0.3, -0.25) is 0 Å². The molecule has 0 saturated carbocycles. The van der Waals surface area contributed by atoms with Crippen LogP contribution in [0.5, 0.6) is 0 Å². The van der Waals surface area contributed by atoms with Crippen LogP contribution in [-0.4, -0.2) is 0 Å². The zero-order chi connectivity index (χ0) is 45.3. The number of allylic oxidation sites excluding steroid dienone is 16. The van der Waals surface area contributed by atoms with Gasteiger partial charge in [0, 0.05) is 11.8 Å². The minimum atomic E-state index is 0.137. The van der Waals surface area contributed by atoms with Gasteiger partial charge in [0.1, 0.15) is 0 Å². The van der Waals surface area contributed by atoms with Crippen molar-refractivity contribution in [2.24, 2.45) is 11.8 Å². The van der Waals surface area contributed by atoms with Crippen LogP contribution in [0.15, 0.2) is 253 Å². The van der Waals surface area contributed by atoms with Crippen LogP contribution in [0.25, 0.3) is 82.1 Å². The van der Waals surface area contributed by atoms with Crippen molar-refractivity contribution < 1.29 is 0 Å². The molecule has 0 nitrogen and oxygen atoms in total. The minimum absolute atomic E-state index is 0.137. The molecular weight excluding hydrogens is 817 g/mol. The van der Waals surface area contributed by atoms with Gasteiger partial charge in [-0.1, -0.05) is 201 Å². The Bertz CT molecular complexity index is 3880. The van der Waals surface area contributed by atoms with Crippen molar-refractivity contribution in [3.63, 3.8) is 0 Å². The fourth-order valence-electron chi connectivity index (χ4n) is 12.3. The van der Waals surface area contributed by atoms with E-state index in [1.54, 1.807) is 0 Å². The maximum Gasteiger partial charge on any atom is 0.0140 e. The molecule has 8 aromatic carbocycles. The normalized spacial score (nSPS) is 19.4. The summed E-state index contributed by atoms with van der Waals surface area (Å²) in [6.45, 7) is 9.29. The summed E-state index contributed by atoms with van der Waals surface area (Å²) in [7, 11) is 0. The van der Waals surface area contributed by atoms with Gasteiger partial charge < -0.3 is 0 Å². The first-order chi connectivity index (χ1) is 33.5. The van der Waals surface area contributed by atoms with Gasteiger partial charge in [-0.15, -0.1) is 0 Å². The summed E-state index contributed by atoms with van der Waals surface area (Å²) >= 11 is 0. The summed E-state index contributed by atoms with van der Waals surface area (Å²) in [4.78, 5) is 0. The molecule has 5 aliphatic carbocycles. The monoisotopic (exact) mass is 868 g/mol. The van der Waals surface area contributed by atoms with Crippen LogP contribution in [0.3, 0.4) is 0 Å². The second kappa shape index (κ2) is 16.5. The van der Waals surface area contributed by atoms with E-state index in [1.165, 1.54) is 120 Å². The Morgan fingerprint density at radius 3 is 1.85 bits per heavy atom. The quantitative estimate of drug-likeness (QED) is 0.146. The van der Waals surface area contributed by atoms with Crippen LogP contribution in [0.2, 0.25) is 0 Å². The second-order valence-electron chi connectivity index (χ2n) is 19.4. The topological polar surface area (TPSA) is 0 Å². The molecule has 0 amide bonds. The van der Waals surface area contributed by atoms with Crippen molar-refractivity contribution >= 4 is 59.8 Å². The van der Waals surface area contributed by atoms with Crippen molar-refractivity contribution in [3.8, 4) is 22.3 Å². The lowest BCUT2D eigenvalue weighted by molar-refractivity contribution is 0.680. The molecule has 8 aromatic rings. The summed E-state index contributed by atoms with van der Waals surface area (Å²) < 4.78 is 0. The lowest BCUT2D eigenvalue weighted by atomic mass is 9.67. The third-order valence-corrected chi connectivity index (χ3v) is 15.5. The molecule has 2 unspecified atom stereocenters. The van der Waals surface area contributed by atoms with E-state index < -0.39 is 0 Å². The molecular formula is C68H52. The predicted octanol–water partition coefficient (Wildman–Crippen LogP) is 16.6. The third-order valence-electron chi connectivity index (χ3n) is 15.5. The van der Waals surface area contributed by atoms with E-state index in [2.05, 4.69) is 213 Å². The Hall–Kier alpha value is -7.80. The molecule has 0 bridgehead atoms. The van der Waals surface area contributed by atoms with Crippen molar-refractivity contribution in [3.05, 3.63) is 269 Å². The first-order valence-electron chi connectivity index (χ1n) is 24.6. The Labute approximate surface area is 399 Å². The van der Waals surface area contributed by atoms with Crippen molar-refractivity contribution in [2.45, 2.75) is 38.5 Å². The summed E-state index contributed by atoms with van der Waals surface area (Å²) in [6.07, 6.45) is 28.0. The lowest BCUT2D eigenvalue weighted by Crippen LogP contribution is -2.40. The Kier molecular flexibility index (Phi) is 9.83. The molecule has 0 heteroatoms. The maximum atomic E-state index is 4.86. The van der Waals surface area contributed by atoms with E-state index in [9.17, 15) is 0 Å². The van der Waals surface area contributed by atoms with E-state index in [-0.39, 0.29) is 11.8 Å². The van der Waals surface area contributed by atoms with Gasteiger partial charge in [-0.25, -0.2) is 0 Å². The van der Waals surface area contributed by atoms with Crippen LogP contribution in [0.1, 0.15) is 44.1 Å². The number of benzene rings is 8. The molecule has 68 heavy (non-hydrogen) atoms. The second-order valence-corrected chi connectivity index (χ2v) is 19.4. The van der Waals surface area contributed by atoms with Crippen LogP contribution in [0.4, 0.5) is 0 Å². The first-order valence-corrected chi connectivity index (χ1v) is 24.6. The molecule has 0 aliphatic heterocycles. The highest BCUT2D eigenvalue weighted by Crippen LogP contribution is 2.49. The smallest absolute Gasteiger partial charge is 0.0140 e. The number of hydrogen-bond donors (Lipinski definition) is 0. The number of hydrogen-bond acceptors (Lipinski definition) is 0. The van der Waals surface area contributed by atoms with Gasteiger partial charge in [0.25, 0.3) is 0 Å². The van der Waals surface area contributed by atoms with Gasteiger partial charge >= 0.3 is 0 Å². The molecule has 13 rings (SSSR count). The van der Waals surface area contributed by atoms with E-state index in [4.69, 9.17) is 6.58 Å². The average Bonchev–Trinajstić information content (AvgIpc) is 3.39. The highest BCUT2D eigenvalue weighted by atomic mass is 14.4. The van der Waals surface area contributed by atoms with E-state index in [0.717, 1.165) is 49.7 Å². The molecule has 0 radical (unpaired) electrons. The molecule has 0 N–H and O–H groups in total. The summed E-state index contributed by atoms with van der Waals surface area (Å²) in [6, 6.07) is 57.0. The largest absolute Gasteiger partial charge is 0.0915 e. The van der Waals surface area contributed by atoms with Crippen molar-refractivity contribution in [2.75, 3.05) is 0 Å². The van der Waals surface area contributed by atoms with E-state index >= 15 is 0 Å². The first kappa shape index (κ1) is 40.5. The summed E-state index contributed by atoms with van der Waals surface area (Å²) in [5, 5.41) is 12.7. The molecule has 2 atom stereocenters. The SMILES string of the molecule is C=C(/C=C1/CCC=CC1=C)C1=c2ccccc2=C(C2=CC3=C(C=CCC3)CC2)C2C=C(c3ccc4c(-c5ccc6ccccc6c5)c5ccccc5c(-c5ccc6ccccc6c5)c4c3)C=CC12. The average molecular weight is 869 g/mol.